The van der Waals surface area contributed by atoms with Crippen LogP contribution in [0, 0.1) is 0 Å². The van der Waals surface area contributed by atoms with Gasteiger partial charge in [-0.25, -0.2) is 5.48 Å². The summed E-state index contributed by atoms with van der Waals surface area (Å²) in [6, 6.07) is 10.6. The normalized spacial score (nSPS) is 11.6. The third-order valence-corrected chi connectivity index (χ3v) is 6.81. The number of benzene rings is 2. The molecule has 0 aromatic heterocycles. The minimum atomic E-state index is -1.48. The van der Waals surface area contributed by atoms with Gasteiger partial charge in [0.15, 0.2) is 11.2 Å². The second kappa shape index (κ2) is 17.8. The van der Waals surface area contributed by atoms with E-state index in [1.54, 1.807) is 12.1 Å². The molecular weight excluding hydrogens is 527 g/mol. The molecule has 2 N–H and O–H groups in total. The largest absolute Gasteiger partial charge is 0.497 e. The van der Waals surface area contributed by atoms with Crippen molar-refractivity contribution in [2.45, 2.75) is 76.5 Å². The minimum absolute atomic E-state index is 0.159. The van der Waals surface area contributed by atoms with Gasteiger partial charge in [0, 0.05) is 11.1 Å². The number of rotatable bonds is 18. The smallest absolute Gasteiger partial charge is 0.274 e. The number of nitrogens with one attached hydrogen (secondary N) is 2. The average Bonchev–Trinajstić information content (AvgIpc) is 2.93. The number of ether oxygens (including phenoxy) is 1. The van der Waals surface area contributed by atoms with Gasteiger partial charge >= 0.3 is 0 Å². The molecule has 0 spiro atoms. The topological polar surface area (TPSA) is 93.7 Å². The van der Waals surface area contributed by atoms with Gasteiger partial charge in [0.1, 0.15) is 5.75 Å². The molecule has 38 heavy (non-hydrogen) atoms. The van der Waals surface area contributed by atoms with Crippen LogP contribution in [0.4, 0.5) is 5.69 Å². The molecule has 0 saturated carbocycles. The van der Waals surface area contributed by atoms with Crippen LogP contribution >= 0.6 is 23.2 Å². The molecule has 0 radical (unpaired) electrons. The summed E-state index contributed by atoms with van der Waals surface area (Å²) < 4.78 is 5.07. The number of unbranched alkanes of at least 4 members (excludes halogenated alkanes) is 9. The zero-order chi connectivity index (χ0) is 27.8. The maximum atomic E-state index is 12.6. The van der Waals surface area contributed by atoms with Crippen LogP contribution < -0.4 is 15.5 Å². The molecule has 2 rings (SSSR count). The molecule has 0 aliphatic heterocycles. The summed E-state index contributed by atoms with van der Waals surface area (Å²) in [6.07, 6.45) is 12.1. The molecule has 0 saturated heterocycles. The van der Waals surface area contributed by atoms with Crippen LogP contribution in [0.3, 0.4) is 0 Å². The third kappa shape index (κ3) is 11.0. The highest BCUT2D eigenvalue weighted by atomic mass is 35.5. The Hall–Kier alpha value is -2.61. The number of hydrogen-bond donors (Lipinski definition) is 2. The number of amides is 2. The van der Waals surface area contributed by atoms with Crippen molar-refractivity contribution in [2.75, 3.05) is 19.0 Å². The highest BCUT2D eigenvalue weighted by Gasteiger charge is 2.26. The molecule has 2 aromatic carbocycles. The lowest BCUT2D eigenvalue weighted by Gasteiger charge is -2.13. The van der Waals surface area contributed by atoms with Crippen molar-refractivity contribution in [3.05, 3.63) is 58.6 Å². The van der Waals surface area contributed by atoms with E-state index in [2.05, 4.69) is 17.7 Å². The monoisotopic (exact) mass is 564 g/mol. The number of hydrogen-bond acceptors (Lipinski definition) is 5. The van der Waals surface area contributed by atoms with Crippen molar-refractivity contribution in [1.82, 2.24) is 5.48 Å². The van der Waals surface area contributed by atoms with Crippen molar-refractivity contribution in [3.63, 3.8) is 0 Å². The van der Waals surface area contributed by atoms with Crippen molar-refractivity contribution < 1.29 is 24.0 Å². The van der Waals surface area contributed by atoms with E-state index in [0.717, 1.165) is 19.3 Å². The average molecular weight is 566 g/mol. The van der Waals surface area contributed by atoms with E-state index in [-0.39, 0.29) is 21.8 Å². The van der Waals surface area contributed by atoms with E-state index in [0.29, 0.717) is 12.4 Å². The maximum absolute atomic E-state index is 12.6. The van der Waals surface area contributed by atoms with Gasteiger partial charge in [-0.15, -0.1) is 11.6 Å². The van der Waals surface area contributed by atoms with E-state index in [1.165, 1.54) is 82.4 Å². The van der Waals surface area contributed by atoms with Crippen LogP contribution in [0.25, 0.3) is 0 Å². The van der Waals surface area contributed by atoms with Crippen molar-refractivity contribution in [3.8, 4) is 5.75 Å². The number of hydroxylamine groups is 1. The van der Waals surface area contributed by atoms with Crippen molar-refractivity contribution in [1.29, 1.82) is 0 Å². The lowest BCUT2D eigenvalue weighted by Crippen LogP contribution is -2.31. The van der Waals surface area contributed by atoms with E-state index in [1.807, 2.05) is 0 Å². The van der Waals surface area contributed by atoms with E-state index < -0.39 is 23.0 Å². The molecule has 0 heterocycles. The lowest BCUT2D eigenvalue weighted by atomic mass is 10.1. The van der Waals surface area contributed by atoms with Crippen molar-refractivity contribution >= 4 is 46.5 Å². The number of alkyl halides is 1. The Morgan fingerprint density at radius 2 is 1.42 bits per heavy atom. The maximum Gasteiger partial charge on any atom is 0.274 e. The first-order valence-corrected chi connectivity index (χ1v) is 14.0. The molecule has 0 bridgehead atoms. The highest BCUT2D eigenvalue weighted by Crippen LogP contribution is 2.24. The predicted molar refractivity (Wildman–Crippen MR) is 152 cm³/mol. The van der Waals surface area contributed by atoms with Crippen LogP contribution in [-0.4, -0.2) is 36.7 Å². The zero-order valence-electron chi connectivity index (χ0n) is 22.2. The van der Waals surface area contributed by atoms with E-state index >= 15 is 0 Å². The minimum Gasteiger partial charge on any atom is -0.497 e. The Morgan fingerprint density at radius 3 is 2.03 bits per heavy atom. The Balaban J connectivity index is 1.75. The third-order valence-electron chi connectivity index (χ3n) is 6.09. The predicted octanol–water partition coefficient (Wildman–Crippen LogP) is 7.36. The van der Waals surface area contributed by atoms with Gasteiger partial charge in [-0.05, 0) is 48.9 Å². The number of carbonyl (C=O) groups excluding carboxylic acids is 3. The molecule has 208 valence electrons. The number of ketones is 1. The summed E-state index contributed by atoms with van der Waals surface area (Å²) in [5.41, 5.74) is 3.08. The summed E-state index contributed by atoms with van der Waals surface area (Å²) in [7, 11) is 1.51. The van der Waals surface area contributed by atoms with Crippen LogP contribution in [0.1, 0.15) is 91.8 Å². The second-order valence-electron chi connectivity index (χ2n) is 9.10. The van der Waals surface area contributed by atoms with E-state index in [4.69, 9.17) is 32.8 Å². The fourth-order valence-corrected chi connectivity index (χ4v) is 4.16. The van der Waals surface area contributed by atoms with Gasteiger partial charge in [-0.3, -0.25) is 19.2 Å². The zero-order valence-corrected chi connectivity index (χ0v) is 23.7. The standard InChI is InChI=1S/C29H38Cl2N2O5/c1-3-4-5-6-7-8-9-10-11-12-19-38-33-28(35)22-15-18-24(30)25(20-22)32-29(36)26(31)27(34)21-13-16-23(37-2)17-14-21/h13-18,20,26H,3-12,19H2,1-2H3,(H,32,36)(H,33,35). The summed E-state index contributed by atoms with van der Waals surface area (Å²) in [4.78, 5) is 43.0. The molecule has 1 unspecified atom stereocenters. The highest BCUT2D eigenvalue weighted by molar-refractivity contribution is 6.46. The number of methoxy groups -OCH3 is 1. The van der Waals surface area contributed by atoms with Crippen LogP contribution in [-0.2, 0) is 9.63 Å². The number of Topliss-reactive ketones (excluding diaryl/α,β-unsaturated/α-hetero) is 1. The second-order valence-corrected chi connectivity index (χ2v) is 9.94. The summed E-state index contributed by atoms with van der Waals surface area (Å²) in [5.74, 6) is -1.23. The first kappa shape index (κ1) is 31.6. The molecule has 1 atom stereocenters. The summed E-state index contributed by atoms with van der Waals surface area (Å²) in [5, 5.41) is 1.24. The van der Waals surface area contributed by atoms with Crippen LogP contribution in [0.5, 0.6) is 5.75 Å². The SMILES string of the molecule is CCCCCCCCCCCCONC(=O)c1ccc(Cl)c(NC(=O)C(Cl)C(=O)c2ccc(OC)cc2)c1. The quantitative estimate of drug-likeness (QED) is 0.0648. The first-order valence-electron chi connectivity index (χ1n) is 13.2. The summed E-state index contributed by atoms with van der Waals surface area (Å²) >= 11 is 12.3. The Morgan fingerprint density at radius 1 is 0.842 bits per heavy atom. The van der Waals surface area contributed by atoms with E-state index in [9.17, 15) is 14.4 Å². The fraction of sp³-hybridized carbons (Fsp3) is 0.483. The molecule has 9 heteroatoms. The number of halogens is 2. The lowest BCUT2D eigenvalue weighted by molar-refractivity contribution is -0.115. The fourth-order valence-electron chi connectivity index (χ4n) is 3.82. The Labute approximate surface area is 235 Å². The molecule has 0 aliphatic carbocycles. The molecule has 2 aromatic rings. The van der Waals surface area contributed by atoms with Crippen molar-refractivity contribution in [2.24, 2.45) is 0 Å². The van der Waals surface area contributed by atoms with Gasteiger partial charge < -0.3 is 10.1 Å². The molecule has 0 fully saturated rings. The van der Waals surface area contributed by atoms with Gasteiger partial charge in [0.2, 0.25) is 5.91 Å². The Bertz CT molecular complexity index is 1030. The number of carbonyl (C=O) groups is 3. The van der Waals surface area contributed by atoms with Gasteiger partial charge in [-0.2, -0.15) is 0 Å². The molecule has 0 aliphatic rings. The van der Waals surface area contributed by atoms with Gasteiger partial charge in [-0.1, -0.05) is 76.3 Å². The Kier molecular flexibility index (Phi) is 14.8. The molecule has 7 nitrogen and oxygen atoms in total. The molecular formula is C29H38Cl2N2O5. The van der Waals surface area contributed by atoms with Gasteiger partial charge in [0.05, 0.1) is 24.4 Å². The summed E-state index contributed by atoms with van der Waals surface area (Å²) in [6.45, 7) is 2.64. The first-order chi connectivity index (χ1) is 18.4. The number of anilines is 1. The molecule has 2 amide bonds. The van der Waals surface area contributed by atoms with Crippen LogP contribution in [0.15, 0.2) is 42.5 Å². The van der Waals surface area contributed by atoms with Gasteiger partial charge in [0.25, 0.3) is 5.91 Å². The van der Waals surface area contributed by atoms with Crippen LogP contribution in [0.2, 0.25) is 5.02 Å².